The summed E-state index contributed by atoms with van der Waals surface area (Å²) < 4.78 is 13.1. The molecule has 1 unspecified atom stereocenters. The lowest BCUT2D eigenvalue weighted by molar-refractivity contribution is -0.000647. The number of rotatable bonds is 2. The Labute approximate surface area is 121 Å². The van der Waals surface area contributed by atoms with E-state index in [1.165, 1.54) is 11.0 Å². The van der Waals surface area contributed by atoms with Gasteiger partial charge in [0.15, 0.2) is 0 Å². The maximum atomic E-state index is 13.1. The Bertz CT molecular complexity index is 574. The van der Waals surface area contributed by atoms with E-state index in [4.69, 9.17) is 5.11 Å². The number of hydrogen-bond donors (Lipinski definition) is 3. The predicted molar refractivity (Wildman–Crippen MR) is 73.8 cm³/mol. The third kappa shape index (κ3) is 3.69. The number of carbonyl (C=O) groups excluding carboxylic acids is 1. The summed E-state index contributed by atoms with van der Waals surface area (Å²) in [7, 11) is 0. The van der Waals surface area contributed by atoms with Crippen molar-refractivity contribution in [3.05, 3.63) is 29.6 Å². The Balaban J connectivity index is 2.14. The fourth-order valence-corrected chi connectivity index (χ4v) is 2.39. The number of aromatic carboxylic acids is 1. The predicted octanol–water partition coefficient (Wildman–Crippen LogP) is 1.90. The van der Waals surface area contributed by atoms with Crippen molar-refractivity contribution < 1.29 is 24.2 Å². The van der Waals surface area contributed by atoms with Gasteiger partial charge in [-0.05, 0) is 38.0 Å². The van der Waals surface area contributed by atoms with Crippen LogP contribution in [0, 0.1) is 5.82 Å². The molecule has 0 saturated carbocycles. The highest BCUT2D eigenvalue weighted by molar-refractivity contribution is 6.00. The van der Waals surface area contributed by atoms with Crippen molar-refractivity contribution in [3.8, 4) is 0 Å². The number of carboxylic acids is 1. The topological polar surface area (TPSA) is 89.9 Å². The molecule has 1 fully saturated rings. The van der Waals surface area contributed by atoms with Gasteiger partial charge in [0.05, 0.1) is 23.4 Å². The van der Waals surface area contributed by atoms with Crippen LogP contribution < -0.4 is 5.32 Å². The standard InChI is InChI=1S/C14H17FN2O4/c1-14(21)5-2-6-17(8-14)13(20)16-11-4-3-9(15)7-10(11)12(18)19/h3-4,7,21H,2,5-6,8H2,1H3,(H,16,20)(H,18,19). The van der Waals surface area contributed by atoms with Gasteiger partial charge in [0.2, 0.25) is 0 Å². The van der Waals surface area contributed by atoms with Crippen LogP contribution in [0.5, 0.6) is 0 Å². The molecule has 114 valence electrons. The number of nitrogens with zero attached hydrogens (tertiary/aromatic N) is 1. The molecule has 6 nitrogen and oxygen atoms in total. The van der Waals surface area contributed by atoms with Gasteiger partial charge in [-0.1, -0.05) is 0 Å². The zero-order valence-corrected chi connectivity index (χ0v) is 11.6. The van der Waals surface area contributed by atoms with Gasteiger partial charge in [-0.25, -0.2) is 14.0 Å². The first-order chi connectivity index (χ1) is 9.78. The second kappa shape index (κ2) is 5.69. The average Bonchev–Trinajstić information content (AvgIpc) is 2.39. The third-order valence-corrected chi connectivity index (χ3v) is 3.42. The lowest BCUT2D eigenvalue weighted by Gasteiger charge is -2.36. The molecule has 1 aromatic rings. The number of nitrogens with one attached hydrogen (secondary N) is 1. The van der Waals surface area contributed by atoms with Crippen molar-refractivity contribution in [3.63, 3.8) is 0 Å². The maximum Gasteiger partial charge on any atom is 0.337 e. The highest BCUT2D eigenvalue weighted by atomic mass is 19.1. The SMILES string of the molecule is CC1(O)CCCN(C(=O)Nc2ccc(F)cc2C(=O)O)C1. The van der Waals surface area contributed by atoms with Crippen molar-refractivity contribution in [2.45, 2.75) is 25.4 Å². The van der Waals surface area contributed by atoms with Crippen LogP contribution in [0.25, 0.3) is 0 Å². The fourth-order valence-electron chi connectivity index (χ4n) is 2.39. The number of piperidine rings is 1. The molecule has 0 aromatic heterocycles. The van der Waals surface area contributed by atoms with Crippen molar-refractivity contribution in [1.82, 2.24) is 4.90 Å². The van der Waals surface area contributed by atoms with E-state index >= 15 is 0 Å². The van der Waals surface area contributed by atoms with Crippen LogP contribution in [0.2, 0.25) is 0 Å². The van der Waals surface area contributed by atoms with Gasteiger partial charge in [0.1, 0.15) is 5.82 Å². The molecule has 0 aliphatic carbocycles. The molecule has 21 heavy (non-hydrogen) atoms. The Hall–Kier alpha value is -2.15. The number of β-amino-alcohol motifs (C(OH)–C–C–N with tert-alkyl or cyclic N) is 1. The summed E-state index contributed by atoms with van der Waals surface area (Å²) in [6.07, 6.45) is 1.27. The first-order valence-electron chi connectivity index (χ1n) is 6.60. The van der Waals surface area contributed by atoms with Crippen molar-refractivity contribution in [1.29, 1.82) is 0 Å². The van der Waals surface area contributed by atoms with E-state index in [9.17, 15) is 19.1 Å². The first-order valence-corrected chi connectivity index (χ1v) is 6.60. The zero-order valence-electron chi connectivity index (χ0n) is 11.6. The number of benzene rings is 1. The lowest BCUT2D eigenvalue weighted by Crippen LogP contribution is -2.50. The summed E-state index contributed by atoms with van der Waals surface area (Å²) in [5.74, 6) is -2.01. The van der Waals surface area contributed by atoms with Crippen LogP contribution in [0.3, 0.4) is 0 Å². The van der Waals surface area contributed by atoms with Crippen LogP contribution >= 0.6 is 0 Å². The molecule has 0 spiro atoms. The monoisotopic (exact) mass is 296 g/mol. The minimum absolute atomic E-state index is 0.0270. The van der Waals surface area contributed by atoms with Gasteiger partial charge < -0.3 is 20.4 Å². The summed E-state index contributed by atoms with van der Waals surface area (Å²) in [6.45, 7) is 2.29. The van der Waals surface area contributed by atoms with Crippen LogP contribution in [-0.4, -0.2) is 45.8 Å². The molecule has 1 atom stereocenters. The number of hydrogen-bond acceptors (Lipinski definition) is 3. The number of amides is 2. The molecular formula is C14H17FN2O4. The molecule has 1 aromatic carbocycles. The van der Waals surface area contributed by atoms with E-state index in [1.54, 1.807) is 6.92 Å². The quantitative estimate of drug-likeness (QED) is 0.777. The fraction of sp³-hybridized carbons (Fsp3) is 0.429. The minimum Gasteiger partial charge on any atom is -0.478 e. The second-order valence-corrected chi connectivity index (χ2v) is 5.45. The lowest BCUT2D eigenvalue weighted by atomic mass is 9.95. The first kappa shape index (κ1) is 15.2. The molecule has 1 heterocycles. The Morgan fingerprint density at radius 3 is 2.76 bits per heavy atom. The molecule has 7 heteroatoms. The molecular weight excluding hydrogens is 279 g/mol. The van der Waals surface area contributed by atoms with Gasteiger partial charge in [-0.2, -0.15) is 0 Å². The molecule has 1 aliphatic rings. The second-order valence-electron chi connectivity index (χ2n) is 5.45. The summed E-state index contributed by atoms with van der Waals surface area (Å²) in [6, 6.07) is 2.63. The van der Waals surface area contributed by atoms with E-state index < -0.39 is 23.4 Å². The van der Waals surface area contributed by atoms with E-state index in [0.29, 0.717) is 19.4 Å². The average molecular weight is 296 g/mol. The number of halogens is 1. The van der Waals surface area contributed by atoms with Gasteiger partial charge in [0, 0.05) is 6.54 Å². The summed E-state index contributed by atoms with van der Waals surface area (Å²) >= 11 is 0. The van der Waals surface area contributed by atoms with E-state index in [2.05, 4.69) is 5.32 Å². The normalized spacial score (nSPS) is 22.0. The van der Waals surface area contributed by atoms with Crippen molar-refractivity contribution >= 4 is 17.7 Å². The number of aliphatic hydroxyl groups is 1. The highest BCUT2D eigenvalue weighted by Gasteiger charge is 2.31. The molecule has 0 bridgehead atoms. The van der Waals surface area contributed by atoms with Crippen molar-refractivity contribution in [2.75, 3.05) is 18.4 Å². The Morgan fingerprint density at radius 1 is 1.43 bits per heavy atom. The molecule has 0 radical (unpaired) electrons. The smallest absolute Gasteiger partial charge is 0.337 e. The molecule has 1 saturated heterocycles. The van der Waals surface area contributed by atoms with Crippen LogP contribution in [0.4, 0.5) is 14.9 Å². The maximum absolute atomic E-state index is 13.1. The van der Waals surface area contributed by atoms with E-state index in [0.717, 1.165) is 12.1 Å². The van der Waals surface area contributed by atoms with Crippen LogP contribution in [0.1, 0.15) is 30.1 Å². The van der Waals surface area contributed by atoms with Crippen LogP contribution in [0.15, 0.2) is 18.2 Å². The van der Waals surface area contributed by atoms with Crippen molar-refractivity contribution in [2.24, 2.45) is 0 Å². The molecule has 2 rings (SSSR count). The summed E-state index contributed by atoms with van der Waals surface area (Å²) in [4.78, 5) is 24.6. The van der Waals surface area contributed by atoms with E-state index in [1.807, 2.05) is 0 Å². The minimum atomic E-state index is -1.32. The third-order valence-electron chi connectivity index (χ3n) is 3.42. The summed E-state index contributed by atoms with van der Waals surface area (Å²) in [5, 5.41) is 21.5. The Kier molecular flexibility index (Phi) is 4.13. The van der Waals surface area contributed by atoms with Gasteiger partial charge in [0.25, 0.3) is 0 Å². The molecule has 1 aliphatic heterocycles. The number of carbonyl (C=O) groups is 2. The Morgan fingerprint density at radius 2 is 2.14 bits per heavy atom. The summed E-state index contributed by atoms with van der Waals surface area (Å²) in [5.41, 5.74) is -1.24. The number of carboxylic acid groups (broad SMARTS) is 1. The largest absolute Gasteiger partial charge is 0.478 e. The number of urea groups is 1. The van der Waals surface area contributed by atoms with Crippen LogP contribution in [-0.2, 0) is 0 Å². The molecule has 2 amide bonds. The van der Waals surface area contributed by atoms with Gasteiger partial charge in [-0.3, -0.25) is 0 Å². The molecule has 3 N–H and O–H groups in total. The highest BCUT2D eigenvalue weighted by Crippen LogP contribution is 2.22. The number of likely N-dealkylation sites (tertiary alicyclic amines) is 1. The van der Waals surface area contributed by atoms with Gasteiger partial charge >= 0.3 is 12.0 Å². The zero-order chi connectivity index (χ0) is 15.6. The van der Waals surface area contributed by atoms with Gasteiger partial charge in [-0.15, -0.1) is 0 Å². The number of anilines is 1. The van der Waals surface area contributed by atoms with E-state index in [-0.39, 0.29) is 17.8 Å².